The number of benzene rings is 2. The summed E-state index contributed by atoms with van der Waals surface area (Å²) in [4.78, 5) is 47.4. The van der Waals surface area contributed by atoms with Crippen molar-refractivity contribution in [2.24, 2.45) is 0 Å². The van der Waals surface area contributed by atoms with E-state index >= 15 is 0 Å². The van der Waals surface area contributed by atoms with Crippen LogP contribution in [0.25, 0.3) is 11.1 Å². The van der Waals surface area contributed by atoms with Crippen molar-refractivity contribution in [3.63, 3.8) is 0 Å². The van der Waals surface area contributed by atoms with Crippen molar-refractivity contribution in [1.29, 1.82) is 0 Å². The van der Waals surface area contributed by atoms with E-state index in [2.05, 4.69) is 63.7 Å². The third-order valence-corrected chi connectivity index (χ3v) is 11.8. The van der Waals surface area contributed by atoms with Crippen molar-refractivity contribution >= 4 is 23.6 Å². The molecule has 11 heteroatoms. The molecule has 52 heavy (non-hydrogen) atoms. The first-order valence-corrected chi connectivity index (χ1v) is 18.8. The van der Waals surface area contributed by atoms with Gasteiger partial charge in [-0.1, -0.05) is 12.1 Å². The molecule has 1 aromatic heterocycles. The molecule has 0 spiro atoms. The molecule has 0 unspecified atom stereocenters. The number of amides is 1. The third-order valence-electron chi connectivity index (χ3n) is 11.8. The quantitative estimate of drug-likeness (QED) is 0.201. The number of nitrogens with zero attached hydrogens (tertiary/aromatic N) is 2. The van der Waals surface area contributed by atoms with Gasteiger partial charge in [-0.2, -0.15) is 0 Å². The Morgan fingerprint density at radius 2 is 1.71 bits per heavy atom. The van der Waals surface area contributed by atoms with Crippen molar-refractivity contribution in [1.82, 2.24) is 15.2 Å². The fraction of sp³-hybridized carbons (Fsp3) is 0.537. The minimum atomic E-state index is -0.606. The van der Waals surface area contributed by atoms with Gasteiger partial charge >= 0.3 is 0 Å². The number of pyridine rings is 1. The van der Waals surface area contributed by atoms with Gasteiger partial charge in [-0.15, -0.1) is 0 Å². The van der Waals surface area contributed by atoms with Crippen molar-refractivity contribution in [3.05, 3.63) is 74.7 Å². The summed E-state index contributed by atoms with van der Waals surface area (Å²) < 4.78 is 16.6. The first-order valence-electron chi connectivity index (χ1n) is 18.8. The zero-order valence-electron chi connectivity index (χ0n) is 31.6. The molecule has 0 radical (unpaired) electrons. The number of aromatic amines is 1. The second kappa shape index (κ2) is 16.2. The molecule has 3 fully saturated rings. The Morgan fingerprint density at radius 3 is 2.33 bits per heavy atom. The number of likely N-dealkylation sites (N-methyl/N-ethyl adjacent to an activating group) is 1. The van der Waals surface area contributed by atoms with Gasteiger partial charge in [-0.25, -0.2) is 0 Å². The predicted molar refractivity (Wildman–Crippen MR) is 205 cm³/mol. The number of carbonyl (C=O) groups is 2. The Bertz CT molecular complexity index is 1810. The van der Waals surface area contributed by atoms with Crippen LogP contribution in [-0.4, -0.2) is 94.4 Å². The van der Waals surface area contributed by atoms with Gasteiger partial charge in [0.15, 0.2) is 0 Å². The molecule has 3 N–H and O–H groups in total. The second-order valence-corrected chi connectivity index (χ2v) is 14.7. The Balaban J connectivity index is 1.36. The summed E-state index contributed by atoms with van der Waals surface area (Å²) in [6.07, 6.45) is 6.71. The highest BCUT2D eigenvalue weighted by atomic mass is 16.5. The molecule has 3 heterocycles. The second-order valence-electron chi connectivity index (χ2n) is 14.7. The molecule has 3 aromatic rings. The van der Waals surface area contributed by atoms with Crippen LogP contribution in [-0.2, 0) is 26.2 Å². The average molecular weight is 714 g/mol. The van der Waals surface area contributed by atoms with Crippen LogP contribution < -0.4 is 25.8 Å². The van der Waals surface area contributed by atoms with E-state index in [4.69, 9.17) is 14.2 Å². The Hall–Kier alpha value is -4.19. The number of aldehydes is 1. The minimum absolute atomic E-state index is 0.0216. The van der Waals surface area contributed by atoms with Gasteiger partial charge in [0.05, 0.1) is 43.9 Å². The number of hydrogen-bond acceptors (Lipinski definition) is 9. The van der Waals surface area contributed by atoms with Crippen molar-refractivity contribution in [2.75, 3.05) is 64.4 Å². The van der Waals surface area contributed by atoms with Crippen LogP contribution in [0.2, 0.25) is 0 Å². The van der Waals surface area contributed by atoms with Gasteiger partial charge in [0, 0.05) is 61.5 Å². The molecular weight excluding hydrogens is 658 g/mol. The van der Waals surface area contributed by atoms with Crippen molar-refractivity contribution in [3.8, 4) is 16.9 Å². The number of aryl methyl sites for hydroxylation is 1. The number of H-pyrrole nitrogens is 1. The fourth-order valence-corrected chi connectivity index (χ4v) is 8.41. The number of ether oxygens (including phenoxy) is 3. The number of carbonyl (C=O) groups excluding carboxylic acids is 2. The van der Waals surface area contributed by atoms with Crippen LogP contribution in [0.4, 0.5) is 11.4 Å². The summed E-state index contributed by atoms with van der Waals surface area (Å²) in [5, 5.41) is 6.38. The average Bonchev–Trinajstić information content (AvgIpc) is 3.14. The monoisotopic (exact) mass is 713 g/mol. The van der Waals surface area contributed by atoms with Gasteiger partial charge < -0.3 is 39.5 Å². The molecule has 1 saturated carbocycles. The lowest BCUT2D eigenvalue weighted by Gasteiger charge is -2.45. The van der Waals surface area contributed by atoms with Crippen molar-refractivity contribution < 1.29 is 23.8 Å². The van der Waals surface area contributed by atoms with E-state index in [9.17, 15) is 14.4 Å². The Labute approximate surface area is 307 Å². The van der Waals surface area contributed by atoms with Gasteiger partial charge in [0.25, 0.3) is 11.5 Å². The zero-order chi connectivity index (χ0) is 37.0. The standard InChI is InChI=1S/C41H55N5O6/c1-7-46(31-11-9-30(10-12-31)45(5)32-23-52-24-32)37-21-29(28-8-13-35(36(20-28)42-4)41(25-47)14-16-51-17-15-41)19-33(27(37)3)39(48)43-22-34-38(50-6)18-26(2)44-40(34)49/h8,13,18-21,25,30-32,42H,7,9-12,14-17,22-24H2,1-6H3,(H,43,48)(H,44,49). The number of hydrogen-bond donors (Lipinski definition) is 3. The van der Waals surface area contributed by atoms with Gasteiger partial charge in [-0.05, 0) is 113 Å². The zero-order valence-corrected chi connectivity index (χ0v) is 31.6. The molecule has 0 bridgehead atoms. The summed E-state index contributed by atoms with van der Waals surface area (Å²) in [7, 11) is 5.64. The van der Waals surface area contributed by atoms with Crippen molar-refractivity contribution in [2.45, 2.75) is 89.4 Å². The van der Waals surface area contributed by atoms with Gasteiger partial charge in [-0.3, -0.25) is 14.5 Å². The highest BCUT2D eigenvalue weighted by Gasteiger charge is 2.37. The molecule has 2 aromatic carbocycles. The number of rotatable bonds is 13. The normalized spacial score (nSPS) is 20.2. The maximum atomic E-state index is 14.2. The van der Waals surface area contributed by atoms with E-state index in [0.29, 0.717) is 66.8 Å². The van der Waals surface area contributed by atoms with Crippen LogP contribution in [0, 0.1) is 13.8 Å². The van der Waals surface area contributed by atoms with E-state index in [-0.39, 0.29) is 18.0 Å². The van der Waals surface area contributed by atoms with E-state index in [1.807, 2.05) is 20.0 Å². The van der Waals surface area contributed by atoms with Crippen LogP contribution in [0.1, 0.15) is 78.2 Å². The molecule has 3 aliphatic rings. The lowest BCUT2D eigenvalue weighted by atomic mass is 9.74. The molecule has 280 valence electrons. The number of anilines is 2. The van der Waals surface area contributed by atoms with E-state index < -0.39 is 5.41 Å². The number of nitrogens with one attached hydrogen (secondary N) is 3. The molecule has 6 rings (SSSR count). The number of aromatic nitrogens is 1. The highest BCUT2D eigenvalue weighted by Crippen LogP contribution is 2.41. The SMILES string of the molecule is CCN(c1cc(-c2ccc(C3(C=O)CCOCC3)c(NC)c2)cc(C(=O)NCc2c(OC)cc(C)[nH]c2=O)c1C)C1CCC(N(C)C2COC2)CC1. The van der Waals surface area contributed by atoms with Crippen LogP contribution >= 0.6 is 0 Å². The Kier molecular flexibility index (Phi) is 11.7. The van der Waals surface area contributed by atoms with E-state index in [1.54, 1.807) is 13.0 Å². The third kappa shape index (κ3) is 7.49. The molecule has 2 aliphatic heterocycles. The van der Waals surface area contributed by atoms with Gasteiger partial charge in [0.1, 0.15) is 12.0 Å². The summed E-state index contributed by atoms with van der Waals surface area (Å²) in [5.41, 5.74) is 6.33. The van der Waals surface area contributed by atoms with Gasteiger partial charge in [0.2, 0.25) is 0 Å². The summed E-state index contributed by atoms with van der Waals surface area (Å²) in [6.45, 7) is 9.55. The summed E-state index contributed by atoms with van der Waals surface area (Å²) in [5.74, 6) is 0.174. The van der Waals surface area contributed by atoms with E-state index in [0.717, 1.165) is 85.4 Å². The topological polar surface area (TPSA) is 125 Å². The highest BCUT2D eigenvalue weighted by molar-refractivity contribution is 5.99. The molecule has 1 amide bonds. The molecule has 2 saturated heterocycles. The maximum Gasteiger partial charge on any atom is 0.256 e. The molecule has 0 atom stereocenters. The summed E-state index contributed by atoms with van der Waals surface area (Å²) in [6, 6.07) is 13.5. The molecular formula is C41H55N5O6. The minimum Gasteiger partial charge on any atom is -0.496 e. The molecule has 11 nitrogen and oxygen atoms in total. The fourth-order valence-electron chi connectivity index (χ4n) is 8.41. The van der Waals surface area contributed by atoms with E-state index in [1.165, 1.54) is 7.11 Å². The largest absolute Gasteiger partial charge is 0.496 e. The van der Waals surface area contributed by atoms with Crippen LogP contribution in [0.15, 0.2) is 41.2 Å². The predicted octanol–water partition coefficient (Wildman–Crippen LogP) is 5.35. The van der Waals surface area contributed by atoms with Crippen LogP contribution in [0.5, 0.6) is 5.75 Å². The summed E-state index contributed by atoms with van der Waals surface area (Å²) >= 11 is 0. The Morgan fingerprint density at radius 1 is 1.00 bits per heavy atom. The first-order chi connectivity index (χ1) is 25.1. The molecule has 1 aliphatic carbocycles. The maximum absolute atomic E-state index is 14.2. The lowest BCUT2D eigenvalue weighted by Crippen LogP contribution is -2.53. The lowest BCUT2D eigenvalue weighted by molar-refractivity contribution is -0.115. The first kappa shape index (κ1) is 37.6. The smallest absolute Gasteiger partial charge is 0.256 e. The van der Waals surface area contributed by atoms with Crippen LogP contribution in [0.3, 0.4) is 0 Å². The number of methoxy groups -OCH3 is 1.